The molecule has 0 saturated carbocycles. The third kappa shape index (κ3) is 9.57. The minimum absolute atomic E-state index is 0.759. The van der Waals surface area contributed by atoms with Crippen LogP contribution in [0.2, 0.25) is 0 Å². The average molecular weight is 663 g/mol. The summed E-state index contributed by atoms with van der Waals surface area (Å²) in [6, 6.07) is 49.1. The number of methoxy groups -OCH3 is 1. The Morgan fingerprint density at radius 3 is 1.26 bits per heavy atom. The van der Waals surface area contributed by atoms with Gasteiger partial charge in [0.05, 0.1) is 19.4 Å². The first-order valence-corrected chi connectivity index (χ1v) is 17.5. The van der Waals surface area contributed by atoms with E-state index < -0.39 is 0 Å². The minimum Gasteiger partial charge on any atom is -0.497 e. The SMILES string of the molecule is CCCCOc1cccc(N(c2ccc(C)cc2)c2ccc(C)cc2)c1.COc1cc(C)cc(N(c2ccc(C)cc2)c2ccc(C)cc2)c1. The van der Waals surface area contributed by atoms with Crippen molar-refractivity contribution in [2.45, 2.75) is 54.4 Å². The van der Waals surface area contributed by atoms with E-state index in [2.05, 4.69) is 179 Å². The van der Waals surface area contributed by atoms with Crippen molar-refractivity contribution in [1.29, 1.82) is 0 Å². The lowest BCUT2D eigenvalue weighted by Gasteiger charge is -2.26. The normalized spacial score (nSPS) is 10.5. The number of hydrogen-bond donors (Lipinski definition) is 0. The fourth-order valence-electron chi connectivity index (χ4n) is 5.69. The summed E-state index contributed by atoms with van der Waals surface area (Å²) >= 11 is 0. The number of hydrogen-bond acceptors (Lipinski definition) is 4. The standard InChI is InChI=1S/C24H27NO.C22H23NO/c1-4-5-17-26-24-8-6-7-23(18-24)25(21-13-9-19(2)10-14-21)22-15-11-20(3)12-16-22;1-16-5-9-19(10-6-16)23(20-11-7-17(2)8-12-20)21-13-18(3)14-22(15-21)24-4/h6-16,18H,4-5,17H2,1-3H3;5-15H,1-4H3. The molecule has 0 radical (unpaired) electrons. The van der Waals surface area contributed by atoms with Gasteiger partial charge >= 0.3 is 0 Å². The zero-order chi connectivity index (χ0) is 35.5. The first-order chi connectivity index (χ1) is 24.2. The molecule has 0 aliphatic carbocycles. The third-order valence-corrected chi connectivity index (χ3v) is 8.54. The van der Waals surface area contributed by atoms with Crippen molar-refractivity contribution >= 4 is 34.1 Å². The molecule has 0 saturated heterocycles. The van der Waals surface area contributed by atoms with E-state index in [1.807, 2.05) is 12.1 Å². The van der Waals surface area contributed by atoms with Crippen LogP contribution in [0.25, 0.3) is 0 Å². The van der Waals surface area contributed by atoms with Gasteiger partial charge in [0.15, 0.2) is 0 Å². The van der Waals surface area contributed by atoms with Gasteiger partial charge in [-0.05, 0) is 119 Å². The van der Waals surface area contributed by atoms with Gasteiger partial charge in [-0.2, -0.15) is 0 Å². The highest BCUT2D eigenvalue weighted by molar-refractivity contribution is 5.78. The molecule has 0 N–H and O–H groups in total. The minimum atomic E-state index is 0.759. The van der Waals surface area contributed by atoms with Crippen molar-refractivity contribution in [3.63, 3.8) is 0 Å². The molecule has 0 unspecified atom stereocenters. The molecule has 0 atom stereocenters. The quantitative estimate of drug-likeness (QED) is 0.129. The Morgan fingerprint density at radius 1 is 0.420 bits per heavy atom. The lowest BCUT2D eigenvalue weighted by molar-refractivity contribution is 0.309. The maximum absolute atomic E-state index is 5.92. The summed E-state index contributed by atoms with van der Waals surface area (Å²) in [6.07, 6.45) is 2.21. The number of ether oxygens (including phenoxy) is 2. The first kappa shape index (κ1) is 35.8. The Kier molecular flexibility index (Phi) is 12.4. The fourth-order valence-corrected chi connectivity index (χ4v) is 5.69. The lowest BCUT2D eigenvalue weighted by Crippen LogP contribution is -2.10. The van der Waals surface area contributed by atoms with Gasteiger partial charge < -0.3 is 19.3 Å². The summed E-state index contributed by atoms with van der Waals surface area (Å²) in [5.41, 5.74) is 13.0. The summed E-state index contributed by atoms with van der Waals surface area (Å²) in [6.45, 7) is 13.5. The van der Waals surface area contributed by atoms with E-state index in [1.165, 1.54) is 27.8 Å². The Labute approximate surface area is 299 Å². The van der Waals surface area contributed by atoms with Gasteiger partial charge in [-0.3, -0.25) is 0 Å². The molecule has 0 aliphatic heterocycles. The molecule has 0 spiro atoms. The summed E-state index contributed by atoms with van der Waals surface area (Å²) in [5, 5.41) is 0. The van der Waals surface area contributed by atoms with Gasteiger partial charge in [0.25, 0.3) is 0 Å². The molecule has 0 aromatic heterocycles. The Hall–Kier alpha value is -5.48. The molecule has 6 rings (SSSR count). The fraction of sp³-hybridized carbons (Fsp3) is 0.217. The third-order valence-electron chi connectivity index (χ3n) is 8.54. The molecule has 0 heterocycles. The van der Waals surface area contributed by atoms with Crippen molar-refractivity contribution in [3.05, 3.63) is 167 Å². The van der Waals surface area contributed by atoms with Gasteiger partial charge in [-0.25, -0.2) is 0 Å². The number of unbranched alkanes of at least 4 members (excludes halogenated alkanes) is 1. The second-order valence-electron chi connectivity index (χ2n) is 12.9. The van der Waals surface area contributed by atoms with Crippen molar-refractivity contribution < 1.29 is 9.47 Å². The van der Waals surface area contributed by atoms with E-state index in [4.69, 9.17) is 9.47 Å². The van der Waals surface area contributed by atoms with Crippen LogP contribution in [-0.4, -0.2) is 13.7 Å². The van der Waals surface area contributed by atoms with E-state index in [-0.39, 0.29) is 0 Å². The Bertz CT molecular complexity index is 1840. The lowest BCUT2D eigenvalue weighted by atomic mass is 10.1. The summed E-state index contributed by atoms with van der Waals surface area (Å²) in [4.78, 5) is 4.53. The highest BCUT2D eigenvalue weighted by Gasteiger charge is 2.15. The molecule has 4 heteroatoms. The van der Waals surface area contributed by atoms with Crippen molar-refractivity contribution in [2.24, 2.45) is 0 Å². The smallest absolute Gasteiger partial charge is 0.121 e. The van der Waals surface area contributed by atoms with Crippen molar-refractivity contribution in [1.82, 2.24) is 0 Å². The molecule has 6 aromatic rings. The van der Waals surface area contributed by atoms with E-state index in [1.54, 1.807) is 7.11 Å². The molecule has 0 fully saturated rings. The van der Waals surface area contributed by atoms with E-state index >= 15 is 0 Å². The molecular weight excluding hydrogens is 613 g/mol. The molecule has 256 valence electrons. The first-order valence-electron chi connectivity index (χ1n) is 17.5. The van der Waals surface area contributed by atoms with Crippen LogP contribution in [0.3, 0.4) is 0 Å². The number of anilines is 6. The number of benzene rings is 6. The number of aryl methyl sites for hydroxylation is 5. The maximum Gasteiger partial charge on any atom is 0.121 e. The molecule has 50 heavy (non-hydrogen) atoms. The van der Waals surface area contributed by atoms with Crippen LogP contribution in [-0.2, 0) is 0 Å². The second kappa shape index (κ2) is 17.3. The van der Waals surface area contributed by atoms with Crippen LogP contribution in [0, 0.1) is 34.6 Å². The molecule has 0 bridgehead atoms. The van der Waals surface area contributed by atoms with Crippen LogP contribution in [0.5, 0.6) is 11.5 Å². The average Bonchev–Trinajstić information content (AvgIpc) is 3.12. The molecule has 6 aromatic carbocycles. The predicted molar refractivity (Wildman–Crippen MR) is 213 cm³/mol. The van der Waals surface area contributed by atoms with Gasteiger partial charge in [-0.15, -0.1) is 0 Å². The van der Waals surface area contributed by atoms with E-state index in [0.717, 1.165) is 65.1 Å². The molecule has 4 nitrogen and oxygen atoms in total. The van der Waals surface area contributed by atoms with Crippen LogP contribution in [0.4, 0.5) is 34.1 Å². The summed E-state index contributed by atoms with van der Waals surface area (Å²) < 4.78 is 11.4. The van der Waals surface area contributed by atoms with Crippen LogP contribution >= 0.6 is 0 Å². The number of nitrogens with zero attached hydrogens (tertiary/aromatic N) is 2. The highest BCUT2D eigenvalue weighted by atomic mass is 16.5. The van der Waals surface area contributed by atoms with Gasteiger partial charge in [0.2, 0.25) is 0 Å². The van der Waals surface area contributed by atoms with E-state index in [9.17, 15) is 0 Å². The maximum atomic E-state index is 5.92. The predicted octanol–water partition coefficient (Wildman–Crippen LogP) is 13.0. The summed E-state index contributed by atoms with van der Waals surface area (Å²) in [5.74, 6) is 1.79. The van der Waals surface area contributed by atoms with Crippen LogP contribution in [0.15, 0.2) is 140 Å². The zero-order valence-electron chi connectivity index (χ0n) is 30.6. The second-order valence-corrected chi connectivity index (χ2v) is 12.9. The van der Waals surface area contributed by atoms with Crippen molar-refractivity contribution in [3.8, 4) is 11.5 Å². The zero-order valence-corrected chi connectivity index (χ0v) is 30.6. The van der Waals surface area contributed by atoms with Crippen molar-refractivity contribution in [2.75, 3.05) is 23.5 Å². The number of rotatable bonds is 11. The molecule has 0 amide bonds. The van der Waals surface area contributed by atoms with Crippen LogP contribution in [0.1, 0.15) is 47.6 Å². The monoisotopic (exact) mass is 662 g/mol. The van der Waals surface area contributed by atoms with E-state index in [0.29, 0.717) is 0 Å². The van der Waals surface area contributed by atoms with Gasteiger partial charge in [-0.1, -0.05) is 90.2 Å². The van der Waals surface area contributed by atoms with Gasteiger partial charge in [0.1, 0.15) is 11.5 Å². The highest BCUT2D eigenvalue weighted by Crippen LogP contribution is 2.38. The van der Waals surface area contributed by atoms with Crippen LogP contribution < -0.4 is 19.3 Å². The topological polar surface area (TPSA) is 24.9 Å². The largest absolute Gasteiger partial charge is 0.497 e. The van der Waals surface area contributed by atoms with Gasteiger partial charge in [0, 0.05) is 40.6 Å². The summed E-state index contributed by atoms with van der Waals surface area (Å²) in [7, 11) is 1.71. The Morgan fingerprint density at radius 2 is 0.840 bits per heavy atom. The Balaban J connectivity index is 0.000000195. The molecular formula is C46H50N2O2. The molecule has 0 aliphatic rings.